The molecule has 5 heteroatoms. The van der Waals surface area contributed by atoms with Gasteiger partial charge >= 0.3 is 6.03 Å². The topological polar surface area (TPSA) is 54.0 Å². The van der Waals surface area contributed by atoms with Crippen LogP contribution in [0.25, 0.3) is 20.8 Å². The van der Waals surface area contributed by atoms with Crippen LogP contribution < -0.4 is 10.6 Å². The van der Waals surface area contributed by atoms with Crippen molar-refractivity contribution in [1.82, 2.24) is 10.3 Å². The number of amides is 2. The number of anilines is 1. The summed E-state index contributed by atoms with van der Waals surface area (Å²) in [5.41, 5.74) is 4.10. The summed E-state index contributed by atoms with van der Waals surface area (Å²) in [6, 6.07) is 13.9. The van der Waals surface area contributed by atoms with Crippen molar-refractivity contribution < 1.29 is 4.79 Å². The van der Waals surface area contributed by atoms with Crippen LogP contribution in [0.4, 0.5) is 10.5 Å². The minimum atomic E-state index is -0.171. The fraction of sp³-hybridized carbons (Fsp3) is 0.222. The number of carbonyl (C=O) groups is 1. The zero-order chi connectivity index (χ0) is 16.2. The van der Waals surface area contributed by atoms with Crippen molar-refractivity contribution in [1.29, 1.82) is 0 Å². The monoisotopic (exact) mass is 325 g/mol. The number of thiazole rings is 1. The van der Waals surface area contributed by atoms with Crippen LogP contribution >= 0.6 is 11.3 Å². The smallest absolute Gasteiger partial charge is 0.319 e. The minimum absolute atomic E-state index is 0.171. The van der Waals surface area contributed by atoms with Gasteiger partial charge in [-0.2, -0.15) is 0 Å². The number of carbonyl (C=O) groups excluding carboxylic acids is 1. The molecule has 23 heavy (non-hydrogen) atoms. The van der Waals surface area contributed by atoms with Crippen molar-refractivity contribution in [3.05, 3.63) is 48.0 Å². The van der Waals surface area contributed by atoms with Gasteiger partial charge in [0.15, 0.2) is 0 Å². The quantitative estimate of drug-likeness (QED) is 0.723. The Bertz CT molecular complexity index is 824. The SMILES string of the molecule is CCCNC(=O)Nc1ccc(-c2nc3ccc(C)cc3s2)cc1. The van der Waals surface area contributed by atoms with Gasteiger partial charge in [0.1, 0.15) is 5.01 Å². The first-order valence-corrected chi connectivity index (χ1v) is 8.50. The molecular formula is C18H19N3OS. The molecule has 0 unspecified atom stereocenters. The lowest BCUT2D eigenvalue weighted by Crippen LogP contribution is -2.29. The lowest BCUT2D eigenvalue weighted by atomic mass is 10.2. The molecule has 0 saturated carbocycles. The molecule has 0 spiro atoms. The van der Waals surface area contributed by atoms with Gasteiger partial charge in [0.25, 0.3) is 0 Å². The van der Waals surface area contributed by atoms with E-state index in [4.69, 9.17) is 0 Å². The Labute approximate surface area is 139 Å². The Hall–Kier alpha value is -2.40. The molecule has 118 valence electrons. The van der Waals surface area contributed by atoms with Crippen LogP contribution in [0.3, 0.4) is 0 Å². The molecule has 0 atom stereocenters. The molecule has 1 heterocycles. The van der Waals surface area contributed by atoms with Crippen LogP contribution in [0.2, 0.25) is 0 Å². The van der Waals surface area contributed by atoms with Crippen LogP contribution in [0.15, 0.2) is 42.5 Å². The van der Waals surface area contributed by atoms with Crippen LogP contribution in [-0.4, -0.2) is 17.6 Å². The fourth-order valence-electron chi connectivity index (χ4n) is 2.27. The fourth-order valence-corrected chi connectivity index (χ4v) is 3.33. The highest BCUT2D eigenvalue weighted by atomic mass is 32.1. The summed E-state index contributed by atoms with van der Waals surface area (Å²) < 4.78 is 1.20. The number of hydrogen-bond donors (Lipinski definition) is 2. The molecule has 0 radical (unpaired) electrons. The largest absolute Gasteiger partial charge is 0.338 e. The van der Waals surface area contributed by atoms with Gasteiger partial charge in [0.05, 0.1) is 10.2 Å². The second-order valence-corrected chi connectivity index (χ2v) is 6.48. The van der Waals surface area contributed by atoms with Crippen LogP contribution in [-0.2, 0) is 0 Å². The predicted molar refractivity (Wildman–Crippen MR) is 97.1 cm³/mol. The normalized spacial score (nSPS) is 10.7. The lowest BCUT2D eigenvalue weighted by Gasteiger charge is -2.06. The standard InChI is InChI=1S/C18H19N3OS/c1-3-10-19-18(22)20-14-7-5-13(6-8-14)17-21-15-9-4-12(2)11-16(15)23-17/h4-9,11H,3,10H2,1-2H3,(H2,19,20,22). The third kappa shape index (κ3) is 3.68. The number of aromatic nitrogens is 1. The summed E-state index contributed by atoms with van der Waals surface area (Å²) in [5, 5.41) is 6.61. The highest BCUT2D eigenvalue weighted by Gasteiger charge is 2.07. The highest BCUT2D eigenvalue weighted by molar-refractivity contribution is 7.21. The number of rotatable bonds is 4. The molecular weight excluding hydrogens is 306 g/mol. The average molecular weight is 325 g/mol. The first-order valence-electron chi connectivity index (χ1n) is 7.68. The van der Waals surface area contributed by atoms with Crippen molar-refractivity contribution >= 4 is 33.3 Å². The van der Waals surface area contributed by atoms with Gasteiger partial charge in [-0.05, 0) is 55.3 Å². The second-order valence-electron chi connectivity index (χ2n) is 5.45. The zero-order valence-electron chi connectivity index (χ0n) is 13.2. The van der Waals surface area contributed by atoms with Crippen molar-refractivity contribution in [2.75, 3.05) is 11.9 Å². The van der Waals surface area contributed by atoms with Crippen LogP contribution in [0, 0.1) is 6.92 Å². The molecule has 1 aromatic heterocycles. The molecule has 0 aliphatic heterocycles. The van der Waals surface area contributed by atoms with Crippen LogP contribution in [0.1, 0.15) is 18.9 Å². The molecule has 3 rings (SSSR count). The van der Waals surface area contributed by atoms with Gasteiger partial charge in [-0.25, -0.2) is 9.78 Å². The Morgan fingerprint density at radius 2 is 1.96 bits per heavy atom. The number of aryl methyl sites for hydroxylation is 1. The Morgan fingerprint density at radius 1 is 1.17 bits per heavy atom. The zero-order valence-corrected chi connectivity index (χ0v) is 14.0. The molecule has 2 aromatic carbocycles. The molecule has 4 nitrogen and oxygen atoms in total. The summed E-state index contributed by atoms with van der Waals surface area (Å²) in [5.74, 6) is 0. The maximum Gasteiger partial charge on any atom is 0.319 e. The van der Waals surface area contributed by atoms with Gasteiger partial charge in [-0.3, -0.25) is 0 Å². The number of nitrogens with zero attached hydrogens (tertiary/aromatic N) is 1. The first-order chi connectivity index (χ1) is 11.2. The summed E-state index contributed by atoms with van der Waals surface area (Å²) in [6.07, 6.45) is 0.920. The summed E-state index contributed by atoms with van der Waals surface area (Å²) in [4.78, 5) is 16.3. The van der Waals surface area contributed by atoms with Gasteiger partial charge in [-0.1, -0.05) is 13.0 Å². The van der Waals surface area contributed by atoms with E-state index in [1.165, 1.54) is 10.3 Å². The van der Waals surface area contributed by atoms with E-state index >= 15 is 0 Å². The van der Waals surface area contributed by atoms with Crippen molar-refractivity contribution in [3.8, 4) is 10.6 Å². The summed E-state index contributed by atoms with van der Waals surface area (Å²) >= 11 is 1.68. The molecule has 0 aliphatic rings. The van der Waals surface area contributed by atoms with E-state index in [0.29, 0.717) is 6.54 Å². The van der Waals surface area contributed by atoms with Crippen molar-refractivity contribution in [3.63, 3.8) is 0 Å². The predicted octanol–water partition coefficient (Wildman–Crippen LogP) is 4.80. The van der Waals surface area contributed by atoms with Gasteiger partial charge in [0.2, 0.25) is 0 Å². The van der Waals surface area contributed by atoms with Gasteiger partial charge < -0.3 is 10.6 Å². The van der Waals surface area contributed by atoms with E-state index in [2.05, 4.69) is 40.7 Å². The lowest BCUT2D eigenvalue weighted by molar-refractivity contribution is 0.252. The van der Waals surface area contributed by atoms with E-state index in [0.717, 1.165) is 28.2 Å². The Balaban J connectivity index is 1.76. The van der Waals surface area contributed by atoms with Gasteiger partial charge in [-0.15, -0.1) is 11.3 Å². The molecule has 0 saturated heterocycles. The number of fused-ring (bicyclic) bond motifs is 1. The van der Waals surface area contributed by atoms with E-state index < -0.39 is 0 Å². The van der Waals surface area contributed by atoms with Gasteiger partial charge in [0, 0.05) is 17.8 Å². The maximum absolute atomic E-state index is 11.6. The third-order valence-electron chi connectivity index (χ3n) is 3.47. The summed E-state index contributed by atoms with van der Waals surface area (Å²) in [7, 11) is 0. The highest BCUT2D eigenvalue weighted by Crippen LogP contribution is 2.31. The molecule has 0 aliphatic carbocycles. The van der Waals surface area contributed by atoms with E-state index in [9.17, 15) is 4.79 Å². The minimum Gasteiger partial charge on any atom is -0.338 e. The molecule has 3 aromatic rings. The van der Waals surface area contributed by atoms with E-state index in [1.807, 2.05) is 31.2 Å². The molecule has 2 amide bonds. The van der Waals surface area contributed by atoms with Crippen LogP contribution in [0.5, 0.6) is 0 Å². The number of nitrogens with one attached hydrogen (secondary N) is 2. The first kappa shape index (κ1) is 15.5. The average Bonchev–Trinajstić information content (AvgIpc) is 2.96. The third-order valence-corrected chi connectivity index (χ3v) is 4.54. The van der Waals surface area contributed by atoms with E-state index in [1.54, 1.807) is 11.3 Å². The van der Waals surface area contributed by atoms with Crippen molar-refractivity contribution in [2.45, 2.75) is 20.3 Å². The van der Waals surface area contributed by atoms with Crippen molar-refractivity contribution in [2.24, 2.45) is 0 Å². The molecule has 2 N–H and O–H groups in total. The van der Waals surface area contributed by atoms with E-state index in [-0.39, 0.29) is 6.03 Å². The maximum atomic E-state index is 11.6. The number of hydrogen-bond acceptors (Lipinski definition) is 3. The Morgan fingerprint density at radius 3 is 2.70 bits per heavy atom. The Kier molecular flexibility index (Phi) is 4.57. The molecule has 0 bridgehead atoms. The second kappa shape index (κ2) is 6.79. The molecule has 0 fully saturated rings. The number of benzene rings is 2. The summed E-state index contributed by atoms with van der Waals surface area (Å²) in [6.45, 7) is 4.78. The number of urea groups is 1.